The Hall–Kier alpha value is -2.31. The Bertz CT molecular complexity index is 575. The van der Waals surface area contributed by atoms with E-state index in [0.717, 1.165) is 0 Å². The highest BCUT2D eigenvalue weighted by Crippen LogP contribution is 2.26. The van der Waals surface area contributed by atoms with Crippen molar-refractivity contribution in [1.82, 2.24) is 9.80 Å². The van der Waals surface area contributed by atoms with Gasteiger partial charge in [0.25, 0.3) is 5.91 Å². The van der Waals surface area contributed by atoms with Gasteiger partial charge in [0.05, 0.1) is 12.2 Å². The quantitative estimate of drug-likeness (QED) is 0.892. The van der Waals surface area contributed by atoms with Crippen LogP contribution in [0.5, 0.6) is 0 Å². The zero-order chi connectivity index (χ0) is 15.7. The molecule has 7 heteroatoms. The summed E-state index contributed by atoms with van der Waals surface area (Å²) in [5.74, 6) is -1.43. The molecule has 2 aliphatic rings. The molecule has 3 heterocycles. The van der Waals surface area contributed by atoms with Crippen LogP contribution in [0.15, 0.2) is 22.8 Å². The van der Waals surface area contributed by atoms with Crippen molar-refractivity contribution < 1.29 is 23.9 Å². The SMILES string of the molecule is O=C(O)C1CC(=O)N(C2CCN(C(=O)c3ccco3)CC2)C1. The van der Waals surface area contributed by atoms with Crippen LogP contribution in [0.25, 0.3) is 0 Å². The maximum absolute atomic E-state index is 12.2. The van der Waals surface area contributed by atoms with Gasteiger partial charge in [0.2, 0.25) is 5.91 Å². The molecule has 22 heavy (non-hydrogen) atoms. The average Bonchev–Trinajstić information content (AvgIpc) is 3.16. The first-order valence-corrected chi connectivity index (χ1v) is 7.41. The van der Waals surface area contributed by atoms with Crippen molar-refractivity contribution in [2.75, 3.05) is 19.6 Å². The van der Waals surface area contributed by atoms with Crippen LogP contribution in [-0.4, -0.2) is 58.4 Å². The van der Waals surface area contributed by atoms with Crippen molar-refractivity contribution in [3.05, 3.63) is 24.2 Å². The number of carboxylic acids is 1. The molecule has 0 bridgehead atoms. The molecule has 118 valence electrons. The predicted molar refractivity (Wildman–Crippen MR) is 75.1 cm³/mol. The lowest BCUT2D eigenvalue weighted by molar-refractivity contribution is -0.141. The lowest BCUT2D eigenvalue weighted by atomic mass is 10.0. The van der Waals surface area contributed by atoms with Crippen LogP contribution < -0.4 is 0 Å². The van der Waals surface area contributed by atoms with Gasteiger partial charge in [0.15, 0.2) is 5.76 Å². The first-order chi connectivity index (χ1) is 10.6. The molecule has 2 aliphatic heterocycles. The summed E-state index contributed by atoms with van der Waals surface area (Å²) in [4.78, 5) is 38.5. The second kappa shape index (κ2) is 5.82. The van der Waals surface area contributed by atoms with Crippen LogP contribution in [0.3, 0.4) is 0 Å². The van der Waals surface area contributed by atoms with Crippen molar-refractivity contribution in [1.29, 1.82) is 0 Å². The lowest BCUT2D eigenvalue weighted by Crippen LogP contribution is -2.47. The second-order valence-electron chi connectivity index (χ2n) is 5.79. The van der Waals surface area contributed by atoms with E-state index in [-0.39, 0.29) is 30.8 Å². The summed E-state index contributed by atoms with van der Waals surface area (Å²) in [6, 6.07) is 3.34. The van der Waals surface area contributed by atoms with Crippen molar-refractivity contribution in [3.8, 4) is 0 Å². The number of likely N-dealkylation sites (tertiary alicyclic amines) is 2. The molecule has 1 N–H and O–H groups in total. The fourth-order valence-electron chi connectivity index (χ4n) is 3.19. The van der Waals surface area contributed by atoms with E-state index in [1.165, 1.54) is 6.26 Å². The summed E-state index contributed by atoms with van der Waals surface area (Å²) in [5.41, 5.74) is 0. The number of hydrogen-bond acceptors (Lipinski definition) is 4. The predicted octanol–water partition coefficient (Wildman–Crippen LogP) is 0.817. The van der Waals surface area contributed by atoms with Gasteiger partial charge in [-0.25, -0.2) is 0 Å². The monoisotopic (exact) mass is 306 g/mol. The smallest absolute Gasteiger partial charge is 0.308 e. The third-order valence-corrected chi connectivity index (χ3v) is 4.43. The zero-order valence-electron chi connectivity index (χ0n) is 12.1. The summed E-state index contributed by atoms with van der Waals surface area (Å²) in [7, 11) is 0. The molecule has 0 aromatic carbocycles. The van der Waals surface area contributed by atoms with Gasteiger partial charge >= 0.3 is 5.97 Å². The van der Waals surface area contributed by atoms with Crippen molar-refractivity contribution in [3.63, 3.8) is 0 Å². The fourth-order valence-corrected chi connectivity index (χ4v) is 3.19. The van der Waals surface area contributed by atoms with Crippen molar-refractivity contribution in [2.45, 2.75) is 25.3 Å². The first kappa shape index (κ1) is 14.6. The third kappa shape index (κ3) is 2.70. The topological polar surface area (TPSA) is 91.1 Å². The summed E-state index contributed by atoms with van der Waals surface area (Å²) < 4.78 is 5.11. The maximum Gasteiger partial charge on any atom is 0.308 e. The minimum Gasteiger partial charge on any atom is -0.481 e. The Balaban J connectivity index is 1.57. The molecule has 3 rings (SSSR count). The Labute approximate surface area is 127 Å². The van der Waals surface area contributed by atoms with Gasteiger partial charge in [0.1, 0.15) is 0 Å². The molecule has 1 atom stereocenters. The lowest BCUT2D eigenvalue weighted by Gasteiger charge is -2.36. The van der Waals surface area contributed by atoms with Crippen LogP contribution >= 0.6 is 0 Å². The summed E-state index contributed by atoms with van der Waals surface area (Å²) in [5, 5.41) is 9.03. The number of amides is 2. The molecule has 0 radical (unpaired) electrons. The molecule has 0 spiro atoms. The molecular formula is C15H18N2O5. The number of carboxylic acid groups (broad SMARTS) is 1. The van der Waals surface area contributed by atoms with E-state index in [2.05, 4.69) is 0 Å². The second-order valence-corrected chi connectivity index (χ2v) is 5.79. The van der Waals surface area contributed by atoms with E-state index < -0.39 is 11.9 Å². The van der Waals surface area contributed by atoms with Crippen LogP contribution in [0.1, 0.15) is 29.8 Å². The highest BCUT2D eigenvalue weighted by atomic mass is 16.4. The molecule has 0 aliphatic carbocycles. The molecule has 2 fully saturated rings. The number of nitrogens with zero attached hydrogens (tertiary/aromatic N) is 2. The average molecular weight is 306 g/mol. The van der Waals surface area contributed by atoms with Crippen LogP contribution in [-0.2, 0) is 9.59 Å². The van der Waals surface area contributed by atoms with Crippen molar-refractivity contribution in [2.24, 2.45) is 5.92 Å². The highest BCUT2D eigenvalue weighted by molar-refractivity contribution is 5.91. The van der Waals surface area contributed by atoms with Gasteiger partial charge in [-0.2, -0.15) is 0 Å². The largest absolute Gasteiger partial charge is 0.481 e. The molecule has 1 aromatic rings. The Kier molecular flexibility index (Phi) is 3.87. The number of aliphatic carboxylic acids is 1. The molecule has 1 aromatic heterocycles. The van der Waals surface area contributed by atoms with Gasteiger partial charge < -0.3 is 19.3 Å². The Morgan fingerprint density at radius 1 is 1.27 bits per heavy atom. The molecule has 0 saturated carbocycles. The fraction of sp³-hybridized carbons (Fsp3) is 0.533. The number of hydrogen-bond donors (Lipinski definition) is 1. The minimum absolute atomic E-state index is 0.0255. The number of furan rings is 1. The van der Waals surface area contributed by atoms with Gasteiger partial charge in [-0.05, 0) is 25.0 Å². The zero-order valence-corrected chi connectivity index (χ0v) is 12.1. The van der Waals surface area contributed by atoms with E-state index in [1.54, 1.807) is 21.9 Å². The van der Waals surface area contributed by atoms with Crippen LogP contribution in [0, 0.1) is 5.92 Å². The standard InChI is InChI=1S/C15H18N2O5/c18-13-8-10(15(20)21)9-17(13)11-3-5-16(6-4-11)14(19)12-2-1-7-22-12/h1-2,7,10-11H,3-6,8-9H2,(H,20,21). The van der Waals surface area contributed by atoms with E-state index in [0.29, 0.717) is 31.7 Å². The van der Waals surface area contributed by atoms with Gasteiger partial charge in [-0.15, -0.1) is 0 Å². The normalized spacial score (nSPS) is 23.1. The van der Waals surface area contributed by atoms with E-state index in [1.807, 2.05) is 0 Å². The Morgan fingerprint density at radius 2 is 2.00 bits per heavy atom. The van der Waals surface area contributed by atoms with Gasteiger partial charge in [0, 0.05) is 32.1 Å². The number of carbonyl (C=O) groups excluding carboxylic acids is 2. The minimum atomic E-state index is -0.915. The van der Waals surface area contributed by atoms with E-state index in [9.17, 15) is 14.4 Å². The first-order valence-electron chi connectivity index (χ1n) is 7.41. The van der Waals surface area contributed by atoms with Crippen LogP contribution in [0.4, 0.5) is 0 Å². The van der Waals surface area contributed by atoms with E-state index in [4.69, 9.17) is 9.52 Å². The number of carbonyl (C=O) groups is 3. The maximum atomic E-state index is 12.2. The van der Waals surface area contributed by atoms with Gasteiger partial charge in [-0.3, -0.25) is 14.4 Å². The number of rotatable bonds is 3. The van der Waals surface area contributed by atoms with Crippen molar-refractivity contribution >= 4 is 17.8 Å². The molecular weight excluding hydrogens is 288 g/mol. The third-order valence-electron chi connectivity index (χ3n) is 4.43. The Morgan fingerprint density at radius 3 is 2.55 bits per heavy atom. The van der Waals surface area contributed by atoms with E-state index >= 15 is 0 Å². The van der Waals surface area contributed by atoms with Gasteiger partial charge in [-0.1, -0.05) is 0 Å². The summed E-state index contributed by atoms with van der Waals surface area (Å²) in [6.07, 6.45) is 2.89. The molecule has 7 nitrogen and oxygen atoms in total. The van der Waals surface area contributed by atoms with Crippen LogP contribution in [0.2, 0.25) is 0 Å². The molecule has 2 amide bonds. The summed E-state index contributed by atoms with van der Waals surface area (Å²) in [6.45, 7) is 1.38. The highest BCUT2D eigenvalue weighted by Gasteiger charge is 2.39. The molecule has 1 unspecified atom stereocenters. The molecule has 2 saturated heterocycles. The number of piperidine rings is 1. The summed E-state index contributed by atoms with van der Waals surface area (Å²) >= 11 is 0.